The Morgan fingerprint density at radius 3 is 2.64 bits per heavy atom. The lowest BCUT2D eigenvalue weighted by molar-refractivity contribution is 0.375. The zero-order valence-electron chi connectivity index (χ0n) is 15.8. The van der Waals surface area contributed by atoms with Crippen LogP contribution in [0.15, 0.2) is 58.0 Å². The molecule has 0 aliphatic rings. The molecule has 0 atom stereocenters. The fraction of sp³-hybridized carbons (Fsp3) is 0.250. The topological polar surface area (TPSA) is 75.3 Å². The highest BCUT2D eigenvalue weighted by Crippen LogP contribution is 2.19. The van der Waals surface area contributed by atoms with Crippen molar-refractivity contribution in [3.63, 3.8) is 0 Å². The molecule has 0 amide bonds. The van der Waals surface area contributed by atoms with E-state index in [1.54, 1.807) is 12.1 Å². The summed E-state index contributed by atoms with van der Waals surface area (Å²) in [5.41, 5.74) is 3.20. The maximum atomic E-state index is 6.01. The third kappa shape index (κ3) is 6.49. The molecule has 0 bridgehead atoms. The molecule has 2 N–H and O–H groups in total. The van der Waals surface area contributed by atoms with E-state index < -0.39 is 0 Å². The molecular formula is C20H23ClIN5O. The molecule has 0 saturated carbocycles. The number of halogens is 2. The average molecular weight is 512 g/mol. The first-order chi connectivity index (χ1) is 13.1. The molecule has 8 heteroatoms. The van der Waals surface area contributed by atoms with Gasteiger partial charge in [-0.2, -0.15) is 4.98 Å². The summed E-state index contributed by atoms with van der Waals surface area (Å²) in [6, 6.07) is 15.7. The fourth-order valence-corrected chi connectivity index (χ4v) is 2.63. The molecule has 6 nitrogen and oxygen atoms in total. The molecule has 0 aliphatic heterocycles. The van der Waals surface area contributed by atoms with E-state index in [0.29, 0.717) is 35.8 Å². The van der Waals surface area contributed by atoms with Crippen LogP contribution in [0, 0.1) is 6.92 Å². The van der Waals surface area contributed by atoms with Crippen LogP contribution in [0.3, 0.4) is 0 Å². The predicted molar refractivity (Wildman–Crippen MR) is 123 cm³/mol. The number of aliphatic imine (C=N–C) groups is 1. The zero-order chi connectivity index (χ0) is 19.1. The van der Waals surface area contributed by atoms with E-state index in [1.807, 2.05) is 19.1 Å². The molecule has 0 spiro atoms. The van der Waals surface area contributed by atoms with Crippen molar-refractivity contribution >= 4 is 41.5 Å². The van der Waals surface area contributed by atoms with Crippen LogP contribution in [0.2, 0.25) is 5.02 Å². The van der Waals surface area contributed by atoms with E-state index in [0.717, 1.165) is 17.7 Å². The summed E-state index contributed by atoms with van der Waals surface area (Å²) in [5, 5.41) is 11.1. The molecule has 1 heterocycles. The van der Waals surface area contributed by atoms with E-state index in [4.69, 9.17) is 16.1 Å². The number of guanidine groups is 1. The Hall–Kier alpha value is -2.13. The van der Waals surface area contributed by atoms with Gasteiger partial charge in [-0.3, -0.25) is 0 Å². The Morgan fingerprint density at radius 2 is 1.93 bits per heavy atom. The van der Waals surface area contributed by atoms with Crippen molar-refractivity contribution in [3.05, 3.63) is 70.6 Å². The Balaban J connectivity index is 0.00000280. The van der Waals surface area contributed by atoms with Gasteiger partial charge in [-0.05, 0) is 31.5 Å². The van der Waals surface area contributed by atoms with Gasteiger partial charge >= 0.3 is 0 Å². The highest BCUT2D eigenvalue weighted by Gasteiger charge is 2.09. The van der Waals surface area contributed by atoms with Crippen molar-refractivity contribution in [2.75, 3.05) is 6.54 Å². The number of benzene rings is 2. The van der Waals surface area contributed by atoms with Gasteiger partial charge in [0.15, 0.2) is 5.96 Å². The summed E-state index contributed by atoms with van der Waals surface area (Å²) in [7, 11) is 0. The monoisotopic (exact) mass is 511 g/mol. The van der Waals surface area contributed by atoms with Crippen LogP contribution in [0.25, 0.3) is 11.4 Å². The van der Waals surface area contributed by atoms with Crippen molar-refractivity contribution in [2.24, 2.45) is 4.99 Å². The summed E-state index contributed by atoms with van der Waals surface area (Å²) in [6.45, 7) is 5.82. The van der Waals surface area contributed by atoms with Gasteiger partial charge in [0.2, 0.25) is 11.7 Å². The number of hydrogen-bond acceptors (Lipinski definition) is 4. The number of aryl methyl sites for hydroxylation is 1. The minimum Gasteiger partial charge on any atom is -0.357 e. The minimum absolute atomic E-state index is 0. The highest BCUT2D eigenvalue weighted by molar-refractivity contribution is 14.0. The number of rotatable bonds is 6. The zero-order valence-corrected chi connectivity index (χ0v) is 18.9. The first-order valence-corrected chi connectivity index (χ1v) is 9.18. The van der Waals surface area contributed by atoms with Crippen molar-refractivity contribution < 1.29 is 4.52 Å². The molecule has 1 aromatic heterocycles. The van der Waals surface area contributed by atoms with Crippen molar-refractivity contribution in [3.8, 4) is 11.4 Å². The summed E-state index contributed by atoms with van der Waals surface area (Å²) in [6.07, 6.45) is 0. The molecule has 0 saturated heterocycles. The van der Waals surface area contributed by atoms with E-state index in [1.165, 1.54) is 5.56 Å². The van der Waals surface area contributed by atoms with Crippen LogP contribution >= 0.6 is 35.6 Å². The molecule has 0 aliphatic carbocycles. The SMILES string of the molecule is CCNC(=NCc1ccc(C)cc1)NCc1nc(-c2cccc(Cl)c2)no1.I. The smallest absolute Gasteiger partial charge is 0.246 e. The van der Waals surface area contributed by atoms with Crippen LogP contribution in [-0.2, 0) is 13.1 Å². The van der Waals surface area contributed by atoms with Gasteiger partial charge in [0.1, 0.15) is 0 Å². The summed E-state index contributed by atoms with van der Waals surface area (Å²) in [4.78, 5) is 8.99. The normalized spacial score (nSPS) is 11.0. The Kier molecular flexibility index (Phi) is 8.72. The van der Waals surface area contributed by atoms with Gasteiger partial charge in [0.05, 0.1) is 13.1 Å². The fourth-order valence-electron chi connectivity index (χ4n) is 2.44. The molecule has 0 unspecified atom stereocenters. The Bertz CT molecular complexity index is 911. The second-order valence-electron chi connectivity index (χ2n) is 6.06. The summed E-state index contributed by atoms with van der Waals surface area (Å²) in [5.74, 6) is 1.68. The first kappa shape index (κ1) is 22.2. The van der Waals surface area contributed by atoms with E-state index in [-0.39, 0.29) is 24.0 Å². The van der Waals surface area contributed by atoms with Crippen LogP contribution in [0.4, 0.5) is 0 Å². The number of hydrogen-bond donors (Lipinski definition) is 2. The van der Waals surface area contributed by atoms with Gasteiger partial charge < -0.3 is 15.2 Å². The summed E-state index contributed by atoms with van der Waals surface area (Å²) < 4.78 is 5.31. The van der Waals surface area contributed by atoms with Gasteiger partial charge in [-0.25, -0.2) is 4.99 Å². The maximum absolute atomic E-state index is 6.01. The summed E-state index contributed by atoms with van der Waals surface area (Å²) >= 11 is 6.01. The first-order valence-electron chi connectivity index (χ1n) is 8.80. The van der Waals surface area contributed by atoms with Gasteiger partial charge in [-0.15, -0.1) is 24.0 Å². The van der Waals surface area contributed by atoms with E-state index >= 15 is 0 Å². The molecule has 0 fully saturated rings. The largest absolute Gasteiger partial charge is 0.357 e. The molecule has 148 valence electrons. The third-order valence-electron chi connectivity index (χ3n) is 3.84. The Morgan fingerprint density at radius 1 is 1.14 bits per heavy atom. The van der Waals surface area contributed by atoms with E-state index in [2.05, 4.69) is 57.0 Å². The lowest BCUT2D eigenvalue weighted by atomic mass is 10.1. The molecule has 28 heavy (non-hydrogen) atoms. The van der Waals surface area contributed by atoms with Crippen molar-refractivity contribution in [2.45, 2.75) is 26.9 Å². The van der Waals surface area contributed by atoms with Crippen LogP contribution < -0.4 is 10.6 Å². The molecular weight excluding hydrogens is 489 g/mol. The lowest BCUT2D eigenvalue weighted by Crippen LogP contribution is -2.36. The number of aromatic nitrogens is 2. The van der Waals surface area contributed by atoms with Crippen molar-refractivity contribution in [1.29, 1.82) is 0 Å². The highest BCUT2D eigenvalue weighted by atomic mass is 127. The van der Waals surface area contributed by atoms with Crippen LogP contribution in [0.1, 0.15) is 23.9 Å². The third-order valence-corrected chi connectivity index (χ3v) is 4.08. The van der Waals surface area contributed by atoms with Gasteiger partial charge in [0.25, 0.3) is 0 Å². The Labute approximate surface area is 186 Å². The predicted octanol–water partition coefficient (Wildman–Crippen LogP) is 4.57. The lowest BCUT2D eigenvalue weighted by Gasteiger charge is -2.09. The van der Waals surface area contributed by atoms with Gasteiger partial charge in [-0.1, -0.05) is 58.7 Å². The molecule has 3 rings (SSSR count). The average Bonchev–Trinajstić information content (AvgIpc) is 3.14. The molecule has 3 aromatic rings. The maximum Gasteiger partial charge on any atom is 0.246 e. The van der Waals surface area contributed by atoms with Crippen molar-refractivity contribution in [1.82, 2.24) is 20.8 Å². The second-order valence-corrected chi connectivity index (χ2v) is 6.49. The number of nitrogens with one attached hydrogen (secondary N) is 2. The second kappa shape index (κ2) is 11.0. The number of nitrogens with zero attached hydrogens (tertiary/aromatic N) is 3. The van der Waals surface area contributed by atoms with Crippen LogP contribution in [0.5, 0.6) is 0 Å². The minimum atomic E-state index is 0. The van der Waals surface area contributed by atoms with E-state index in [9.17, 15) is 0 Å². The van der Waals surface area contributed by atoms with Gasteiger partial charge in [0, 0.05) is 17.1 Å². The van der Waals surface area contributed by atoms with Crippen LogP contribution in [-0.4, -0.2) is 22.6 Å². The quantitative estimate of drug-likeness (QED) is 0.288. The molecule has 0 radical (unpaired) electrons. The standard InChI is InChI=1S/C20H22ClN5O.HI/c1-3-22-20(23-12-15-9-7-14(2)8-10-15)24-13-18-25-19(26-27-18)16-5-4-6-17(21)11-16;/h4-11H,3,12-13H2,1-2H3,(H2,22,23,24);1H. The molecule has 2 aromatic carbocycles.